The number of carbonyl (C=O) groups excluding carboxylic acids is 1. The molecule has 1 saturated heterocycles. The van der Waals surface area contributed by atoms with Gasteiger partial charge in [-0.25, -0.2) is 4.98 Å². The Kier molecular flexibility index (Phi) is 4.44. The molecule has 0 saturated carbocycles. The molecule has 0 unspecified atom stereocenters. The third-order valence-electron chi connectivity index (χ3n) is 5.25. The fourth-order valence-electron chi connectivity index (χ4n) is 3.89. The lowest BCUT2D eigenvalue weighted by Crippen LogP contribution is -2.44. The summed E-state index contributed by atoms with van der Waals surface area (Å²) in [7, 11) is 1.70. The van der Waals surface area contributed by atoms with E-state index in [1.54, 1.807) is 7.11 Å². The summed E-state index contributed by atoms with van der Waals surface area (Å²) in [5.41, 5.74) is 1.12. The van der Waals surface area contributed by atoms with Gasteiger partial charge in [0.15, 0.2) is 0 Å². The van der Waals surface area contributed by atoms with E-state index in [1.165, 1.54) is 0 Å². The van der Waals surface area contributed by atoms with Gasteiger partial charge < -0.3 is 14.2 Å². The van der Waals surface area contributed by atoms with Crippen molar-refractivity contribution in [3.8, 4) is 5.75 Å². The SMILES string of the molecule is COc1ccccc1[C@H]1Cn2ccnc2CN1CC(=O)N1CCCC1. The third-order valence-corrected chi connectivity index (χ3v) is 5.25. The molecule has 2 aliphatic rings. The Morgan fingerprint density at radius 3 is 2.88 bits per heavy atom. The van der Waals surface area contributed by atoms with E-state index in [9.17, 15) is 4.79 Å². The standard InChI is InChI=1S/C19H24N4O2/c1-25-17-7-3-2-6-15(17)16-12-22-11-8-20-18(22)13-23(16)14-19(24)21-9-4-5-10-21/h2-3,6-8,11,16H,4-5,9-10,12-14H2,1H3/t16-/m1/s1. The largest absolute Gasteiger partial charge is 0.496 e. The Bertz CT molecular complexity index is 751. The summed E-state index contributed by atoms with van der Waals surface area (Å²) in [6.45, 7) is 3.66. The number of likely N-dealkylation sites (tertiary alicyclic amines) is 1. The van der Waals surface area contributed by atoms with Crippen molar-refractivity contribution in [3.05, 3.63) is 48.0 Å². The monoisotopic (exact) mass is 340 g/mol. The number of methoxy groups -OCH3 is 1. The van der Waals surface area contributed by atoms with Gasteiger partial charge in [0.2, 0.25) is 5.91 Å². The van der Waals surface area contributed by atoms with Gasteiger partial charge >= 0.3 is 0 Å². The normalized spacial score (nSPS) is 20.5. The van der Waals surface area contributed by atoms with Gasteiger partial charge in [0, 0.05) is 37.6 Å². The molecule has 6 heteroatoms. The van der Waals surface area contributed by atoms with E-state index in [2.05, 4.69) is 20.5 Å². The number of nitrogens with zero attached hydrogens (tertiary/aromatic N) is 4. The van der Waals surface area contributed by atoms with E-state index in [1.807, 2.05) is 35.5 Å². The van der Waals surface area contributed by atoms with E-state index >= 15 is 0 Å². The highest BCUT2D eigenvalue weighted by molar-refractivity contribution is 5.78. The lowest BCUT2D eigenvalue weighted by molar-refractivity contribution is -0.132. The van der Waals surface area contributed by atoms with Crippen molar-refractivity contribution in [2.45, 2.75) is 32.0 Å². The lowest BCUT2D eigenvalue weighted by atomic mass is 10.0. The molecule has 2 aromatic rings. The molecule has 2 aliphatic heterocycles. The maximum atomic E-state index is 12.7. The number of imidazole rings is 1. The molecule has 6 nitrogen and oxygen atoms in total. The van der Waals surface area contributed by atoms with Crippen molar-refractivity contribution >= 4 is 5.91 Å². The molecule has 4 rings (SSSR count). The molecule has 132 valence electrons. The minimum Gasteiger partial charge on any atom is -0.496 e. The van der Waals surface area contributed by atoms with Crippen molar-refractivity contribution in [2.75, 3.05) is 26.7 Å². The summed E-state index contributed by atoms with van der Waals surface area (Å²) in [6.07, 6.45) is 6.08. The van der Waals surface area contributed by atoms with Crippen LogP contribution in [-0.4, -0.2) is 52.0 Å². The van der Waals surface area contributed by atoms with Gasteiger partial charge in [-0.2, -0.15) is 0 Å². The summed E-state index contributed by atoms with van der Waals surface area (Å²) in [6, 6.07) is 8.19. The van der Waals surface area contributed by atoms with Gasteiger partial charge in [0.1, 0.15) is 11.6 Å². The van der Waals surface area contributed by atoms with Crippen molar-refractivity contribution < 1.29 is 9.53 Å². The highest BCUT2D eigenvalue weighted by atomic mass is 16.5. The fourth-order valence-corrected chi connectivity index (χ4v) is 3.89. The summed E-state index contributed by atoms with van der Waals surface area (Å²) in [5.74, 6) is 2.10. The van der Waals surface area contributed by atoms with Crippen LogP contribution in [0.25, 0.3) is 0 Å². The molecule has 0 bridgehead atoms. The van der Waals surface area contributed by atoms with Crippen LogP contribution in [0.1, 0.15) is 30.3 Å². The molecule has 1 amide bonds. The van der Waals surface area contributed by atoms with Crippen LogP contribution >= 0.6 is 0 Å². The maximum Gasteiger partial charge on any atom is 0.236 e. The lowest BCUT2D eigenvalue weighted by Gasteiger charge is -2.37. The minimum absolute atomic E-state index is 0.101. The molecule has 0 spiro atoms. The number of para-hydroxylation sites is 1. The predicted molar refractivity (Wildman–Crippen MR) is 94.2 cm³/mol. The average molecular weight is 340 g/mol. The van der Waals surface area contributed by atoms with Gasteiger partial charge in [-0.05, 0) is 18.9 Å². The highest BCUT2D eigenvalue weighted by Gasteiger charge is 2.32. The number of carbonyl (C=O) groups is 1. The smallest absolute Gasteiger partial charge is 0.236 e. The minimum atomic E-state index is 0.101. The van der Waals surface area contributed by atoms with Gasteiger partial charge in [-0.15, -0.1) is 0 Å². The number of rotatable bonds is 4. The first-order valence-electron chi connectivity index (χ1n) is 8.91. The molecular weight excluding hydrogens is 316 g/mol. The van der Waals surface area contributed by atoms with Crippen LogP contribution in [0.4, 0.5) is 0 Å². The number of fused-ring (bicyclic) bond motifs is 1. The van der Waals surface area contributed by atoms with Crippen LogP contribution < -0.4 is 4.74 Å². The Balaban J connectivity index is 1.62. The van der Waals surface area contributed by atoms with Crippen molar-refractivity contribution in [3.63, 3.8) is 0 Å². The van der Waals surface area contributed by atoms with Gasteiger partial charge in [-0.1, -0.05) is 18.2 Å². The maximum absolute atomic E-state index is 12.7. The first-order valence-corrected chi connectivity index (χ1v) is 8.91. The van der Waals surface area contributed by atoms with E-state index < -0.39 is 0 Å². The molecule has 0 radical (unpaired) electrons. The van der Waals surface area contributed by atoms with Gasteiger partial charge in [0.05, 0.1) is 26.2 Å². The number of aromatic nitrogens is 2. The van der Waals surface area contributed by atoms with Gasteiger partial charge in [-0.3, -0.25) is 9.69 Å². The zero-order valence-electron chi connectivity index (χ0n) is 14.6. The number of hydrogen-bond acceptors (Lipinski definition) is 4. The van der Waals surface area contributed by atoms with Crippen LogP contribution in [0.2, 0.25) is 0 Å². The third kappa shape index (κ3) is 3.14. The van der Waals surface area contributed by atoms with Gasteiger partial charge in [0.25, 0.3) is 0 Å². The summed E-state index contributed by atoms with van der Waals surface area (Å²) in [4.78, 5) is 21.4. The molecule has 1 fully saturated rings. The first-order chi connectivity index (χ1) is 12.3. The second-order valence-corrected chi connectivity index (χ2v) is 6.75. The molecule has 1 aromatic heterocycles. The van der Waals surface area contributed by atoms with Crippen LogP contribution in [-0.2, 0) is 17.9 Å². The number of ether oxygens (including phenoxy) is 1. The van der Waals surface area contributed by atoms with Crippen molar-refractivity contribution in [2.24, 2.45) is 0 Å². The zero-order chi connectivity index (χ0) is 17.2. The molecule has 25 heavy (non-hydrogen) atoms. The van der Waals surface area contributed by atoms with Crippen LogP contribution in [0.15, 0.2) is 36.7 Å². The summed E-state index contributed by atoms with van der Waals surface area (Å²) >= 11 is 0. The quantitative estimate of drug-likeness (QED) is 0.855. The highest BCUT2D eigenvalue weighted by Crippen LogP contribution is 2.34. The Labute approximate surface area is 148 Å². The molecular formula is C19H24N4O2. The van der Waals surface area contributed by atoms with E-state index in [0.29, 0.717) is 13.1 Å². The van der Waals surface area contributed by atoms with Crippen molar-refractivity contribution in [1.29, 1.82) is 0 Å². The second-order valence-electron chi connectivity index (χ2n) is 6.75. The Morgan fingerprint density at radius 1 is 1.28 bits per heavy atom. The second kappa shape index (κ2) is 6.88. The van der Waals surface area contributed by atoms with Crippen LogP contribution in [0.3, 0.4) is 0 Å². The van der Waals surface area contributed by atoms with Crippen molar-refractivity contribution in [1.82, 2.24) is 19.4 Å². The molecule has 0 N–H and O–H groups in total. The summed E-state index contributed by atoms with van der Waals surface area (Å²) in [5, 5.41) is 0. The topological polar surface area (TPSA) is 50.6 Å². The van der Waals surface area contributed by atoms with Crippen LogP contribution in [0.5, 0.6) is 5.75 Å². The fraction of sp³-hybridized carbons (Fsp3) is 0.474. The zero-order valence-corrected chi connectivity index (χ0v) is 14.6. The van der Waals surface area contributed by atoms with Crippen LogP contribution in [0, 0.1) is 0 Å². The Hall–Kier alpha value is -2.34. The average Bonchev–Trinajstić information content (AvgIpc) is 3.32. The van der Waals surface area contributed by atoms with E-state index in [-0.39, 0.29) is 11.9 Å². The number of amides is 1. The summed E-state index contributed by atoms with van der Waals surface area (Å²) < 4.78 is 7.75. The predicted octanol–water partition coefficient (Wildman–Crippen LogP) is 2.07. The molecule has 0 aliphatic carbocycles. The number of hydrogen-bond donors (Lipinski definition) is 0. The van der Waals surface area contributed by atoms with E-state index in [0.717, 1.165) is 49.6 Å². The van der Waals surface area contributed by atoms with E-state index in [4.69, 9.17) is 4.74 Å². The Morgan fingerprint density at radius 2 is 2.08 bits per heavy atom. The first kappa shape index (κ1) is 16.1. The molecule has 3 heterocycles. The number of benzene rings is 1. The molecule has 1 aromatic carbocycles. The molecule has 1 atom stereocenters.